The zero-order valence-corrected chi connectivity index (χ0v) is 16.2. The van der Waals surface area contributed by atoms with Crippen LogP contribution >= 0.6 is 0 Å². The van der Waals surface area contributed by atoms with Crippen molar-refractivity contribution >= 4 is 32.5 Å². The molecule has 0 unspecified atom stereocenters. The van der Waals surface area contributed by atoms with Crippen LogP contribution in [-0.2, 0) is 21.2 Å². The molecule has 0 fully saturated rings. The molecule has 1 aromatic heterocycles. The molecule has 2 N–H and O–H groups in total. The highest BCUT2D eigenvalue weighted by Gasteiger charge is 2.20. The lowest BCUT2D eigenvalue weighted by Gasteiger charge is -2.23. The highest BCUT2D eigenvalue weighted by molar-refractivity contribution is 7.92. The van der Waals surface area contributed by atoms with Gasteiger partial charge in [-0.05, 0) is 23.8 Å². The quantitative estimate of drug-likeness (QED) is 0.638. The smallest absolute Gasteiger partial charge is 0.232 e. The van der Waals surface area contributed by atoms with E-state index in [0.717, 1.165) is 27.0 Å². The standard InChI is InChI=1S/C20H20N4O3S/c1-28(26,27)24(19-9-5-2-6-15(19)13-21)11-10-22-20(25)12-16-14-23-18-8-4-3-7-17(16)18/h2-9,14,23H,10-12H2,1H3,(H,22,25). The Labute approximate surface area is 163 Å². The van der Waals surface area contributed by atoms with E-state index in [1.807, 2.05) is 30.3 Å². The van der Waals surface area contributed by atoms with Crippen molar-refractivity contribution in [2.45, 2.75) is 6.42 Å². The van der Waals surface area contributed by atoms with Gasteiger partial charge in [0.2, 0.25) is 15.9 Å². The molecule has 3 aromatic rings. The molecule has 1 heterocycles. The summed E-state index contributed by atoms with van der Waals surface area (Å²) < 4.78 is 25.5. The lowest BCUT2D eigenvalue weighted by Crippen LogP contribution is -2.38. The number of nitrogens with one attached hydrogen (secondary N) is 2. The van der Waals surface area contributed by atoms with Crippen LogP contribution in [-0.4, -0.2) is 38.7 Å². The number of fused-ring (bicyclic) bond motifs is 1. The number of amides is 1. The summed E-state index contributed by atoms with van der Waals surface area (Å²) in [6.45, 7) is 0.172. The van der Waals surface area contributed by atoms with Crippen molar-refractivity contribution in [1.82, 2.24) is 10.3 Å². The molecule has 144 valence electrons. The average molecular weight is 396 g/mol. The Balaban J connectivity index is 1.66. The van der Waals surface area contributed by atoms with Gasteiger partial charge in [0.15, 0.2) is 0 Å². The Bertz CT molecular complexity index is 1150. The van der Waals surface area contributed by atoms with Crippen LogP contribution in [0.1, 0.15) is 11.1 Å². The number of carbonyl (C=O) groups is 1. The first-order chi connectivity index (χ1) is 13.4. The molecule has 3 rings (SSSR count). The fourth-order valence-corrected chi connectivity index (χ4v) is 4.00. The van der Waals surface area contributed by atoms with Crippen LogP contribution in [0.2, 0.25) is 0 Å². The summed E-state index contributed by atoms with van der Waals surface area (Å²) in [4.78, 5) is 15.4. The Morgan fingerprint density at radius 2 is 1.89 bits per heavy atom. The number of nitrogens with zero attached hydrogens (tertiary/aromatic N) is 2. The highest BCUT2D eigenvalue weighted by Crippen LogP contribution is 2.22. The van der Waals surface area contributed by atoms with Crippen LogP contribution in [0.4, 0.5) is 5.69 Å². The van der Waals surface area contributed by atoms with E-state index in [0.29, 0.717) is 5.69 Å². The number of sulfonamides is 1. The number of hydrogen-bond acceptors (Lipinski definition) is 4. The minimum atomic E-state index is -3.60. The van der Waals surface area contributed by atoms with Crippen molar-refractivity contribution in [1.29, 1.82) is 5.26 Å². The van der Waals surface area contributed by atoms with Gasteiger partial charge in [-0.15, -0.1) is 0 Å². The normalized spacial score (nSPS) is 11.1. The summed E-state index contributed by atoms with van der Waals surface area (Å²) in [6, 6.07) is 16.2. The highest BCUT2D eigenvalue weighted by atomic mass is 32.2. The molecule has 0 saturated carbocycles. The molecule has 0 atom stereocenters. The molecule has 0 saturated heterocycles. The van der Waals surface area contributed by atoms with Gasteiger partial charge in [-0.1, -0.05) is 30.3 Å². The molecule has 0 bridgehead atoms. The molecule has 28 heavy (non-hydrogen) atoms. The van der Waals surface area contributed by atoms with Gasteiger partial charge in [-0.2, -0.15) is 5.26 Å². The van der Waals surface area contributed by atoms with Crippen molar-refractivity contribution in [2.24, 2.45) is 0 Å². The zero-order chi connectivity index (χ0) is 20.1. The van der Waals surface area contributed by atoms with Gasteiger partial charge < -0.3 is 10.3 Å². The fraction of sp³-hybridized carbons (Fsp3) is 0.200. The number of anilines is 1. The average Bonchev–Trinajstić information content (AvgIpc) is 3.07. The molecule has 0 aliphatic rings. The second-order valence-corrected chi connectivity index (χ2v) is 8.26. The van der Waals surface area contributed by atoms with E-state index in [4.69, 9.17) is 0 Å². The van der Waals surface area contributed by atoms with Gasteiger partial charge in [-0.25, -0.2) is 8.42 Å². The van der Waals surface area contributed by atoms with Crippen LogP contribution in [0.3, 0.4) is 0 Å². The number of hydrogen-bond donors (Lipinski definition) is 2. The van der Waals surface area contributed by atoms with Gasteiger partial charge in [-0.3, -0.25) is 9.10 Å². The second kappa shape index (κ2) is 8.15. The van der Waals surface area contributed by atoms with Gasteiger partial charge >= 0.3 is 0 Å². The third-order valence-corrected chi connectivity index (χ3v) is 5.54. The Hall–Kier alpha value is -3.31. The number of rotatable bonds is 7. The van der Waals surface area contributed by atoms with Crippen molar-refractivity contribution in [3.8, 4) is 6.07 Å². The predicted molar refractivity (Wildman–Crippen MR) is 108 cm³/mol. The van der Waals surface area contributed by atoms with Crippen molar-refractivity contribution < 1.29 is 13.2 Å². The van der Waals surface area contributed by atoms with Gasteiger partial charge in [0.05, 0.1) is 30.5 Å². The lowest BCUT2D eigenvalue weighted by atomic mass is 10.1. The third kappa shape index (κ3) is 4.32. The summed E-state index contributed by atoms with van der Waals surface area (Å²) in [7, 11) is -3.60. The Morgan fingerprint density at radius 3 is 2.64 bits per heavy atom. The molecule has 0 aliphatic carbocycles. The molecule has 8 heteroatoms. The van der Waals surface area contributed by atoms with Crippen molar-refractivity contribution in [3.05, 3.63) is 65.9 Å². The van der Waals surface area contributed by atoms with Crippen molar-refractivity contribution in [3.63, 3.8) is 0 Å². The Kier molecular flexibility index (Phi) is 5.66. The maximum Gasteiger partial charge on any atom is 0.232 e. The molecule has 2 aromatic carbocycles. The molecular weight excluding hydrogens is 376 g/mol. The molecule has 0 aliphatic heterocycles. The molecule has 1 amide bonds. The second-order valence-electron chi connectivity index (χ2n) is 6.35. The molecular formula is C20H20N4O3S. The summed E-state index contributed by atoms with van der Waals surface area (Å²) in [5.74, 6) is -0.202. The number of para-hydroxylation sites is 2. The number of carbonyl (C=O) groups excluding carboxylic acids is 1. The van der Waals surface area contributed by atoms with Gasteiger partial charge in [0.1, 0.15) is 6.07 Å². The number of aromatic nitrogens is 1. The van der Waals surface area contributed by atoms with Crippen LogP contribution in [0.5, 0.6) is 0 Å². The van der Waals surface area contributed by atoms with E-state index in [1.54, 1.807) is 30.5 Å². The van der Waals surface area contributed by atoms with Crippen LogP contribution in [0.25, 0.3) is 10.9 Å². The lowest BCUT2D eigenvalue weighted by molar-refractivity contribution is -0.120. The van der Waals surface area contributed by atoms with Gasteiger partial charge in [0.25, 0.3) is 0 Å². The van der Waals surface area contributed by atoms with E-state index in [2.05, 4.69) is 10.3 Å². The maximum absolute atomic E-state index is 12.3. The minimum absolute atomic E-state index is 0.0388. The summed E-state index contributed by atoms with van der Waals surface area (Å²) in [5.41, 5.74) is 2.40. The van der Waals surface area contributed by atoms with E-state index < -0.39 is 10.0 Å². The predicted octanol–water partition coefficient (Wildman–Crippen LogP) is 2.16. The number of H-pyrrole nitrogens is 1. The first-order valence-corrected chi connectivity index (χ1v) is 10.5. The van der Waals surface area contributed by atoms with Crippen LogP contribution < -0.4 is 9.62 Å². The summed E-state index contributed by atoms with van der Waals surface area (Å²) >= 11 is 0. The zero-order valence-electron chi connectivity index (χ0n) is 15.3. The topological polar surface area (TPSA) is 106 Å². The first-order valence-electron chi connectivity index (χ1n) is 8.68. The molecule has 0 spiro atoms. The van der Waals surface area contributed by atoms with Gasteiger partial charge in [0, 0.05) is 23.6 Å². The monoisotopic (exact) mass is 396 g/mol. The molecule has 7 nitrogen and oxygen atoms in total. The van der Waals surface area contributed by atoms with E-state index >= 15 is 0 Å². The number of aromatic amines is 1. The minimum Gasteiger partial charge on any atom is -0.361 e. The third-order valence-electron chi connectivity index (χ3n) is 4.36. The van der Waals surface area contributed by atoms with Crippen LogP contribution in [0.15, 0.2) is 54.7 Å². The number of benzene rings is 2. The fourth-order valence-electron chi connectivity index (χ4n) is 3.06. The number of nitriles is 1. The summed E-state index contributed by atoms with van der Waals surface area (Å²) in [6.07, 6.45) is 3.07. The van der Waals surface area contributed by atoms with Crippen molar-refractivity contribution in [2.75, 3.05) is 23.7 Å². The maximum atomic E-state index is 12.3. The van der Waals surface area contributed by atoms with E-state index in [1.165, 1.54) is 0 Å². The van der Waals surface area contributed by atoms with E-state index in [9.17, 15) is 18.5 Å². The van der Waals surface area contributed by atoms with E-state index in [-0.39, 0.29) is 31.0 Å². The Morgan fingerprint density at radius 1 is 1.18 bits per heavy atom. The van der Waals surface area contributed by atoms with Crippen LogP contribution in [0, 0.1) is 11.3 Å². The summed E-state index contributed by atoms with van der Waals surface area (Å²) in [5, 5.41) is 13.0. The first kappa shape index (κ1) is 19.5. The molecule has 0 radical (unpaired) electrons. The largest absolute Gasteiger partial charge is 0.361 e. The SMILES string of the molecule is CS(=O)(=O)N(CCNC(=O)Cc1c[nH]c2ccccc12)c1ccccc1C#N.